The molecule has 6 nitrogen and oxygen atoms in total. The van der Waals surface area contributed by atoms with Crippen LogP contribution in [0.5, 0.6) is 0 Å². The quantitative estimate of drug-likeness (QED) is 0.783. The van der Waals surface area contributed by atoms with Gasteiger partial charge in [-0.2, -0.15) is 0 Å². The first kappa shape index (κ1) is 15.0. The minimum atomic E-state index is 0.0361. The summed E-state index contributed by atoms with van der Waals surface area (Å²) in [4.78, 5) is 25.0. The Bertz CT molecular complexity index is 546. The number of amides is 1. The standard InChI is InChI=1S/C16H22N4O2/c1-12(2)4-5-15(21)19-10-13-14(11-19)22-9-8-20(13)16-17-6-3-7-18-16/h3-7,12-14H,8-11H2,1-2H3/b5-4+/t13-,14-/m0/s1. The molecule has 2 fully saturated rings. The van der Waals surface area contributed by atoms with E-state index in [1.54, 1.807) is 18.5 Å². The number of ether oxygens (including phenoxy) is 1. The molecule has 118 valence electrons. The van der Waals surface area contributed by atoms with Crippen molar-refractivity contribution in [2.45, 2.75) is 26.0 Å². The van der Waals surface area contributed by atoms with Gasteiger partial charge >= 0.3 is 0 Å². The van der Waals surface area contributed by atoms with Crippen LogP contribution in [0.4, 0.5) is 5.95 Å². The summed E-state index contributed by atoms with van der Waals surface area (Å²) in [5.74, 6) is 1.15. The van der Waals surface area contributed by atoms with Crippen LogP contribution in [0.1, 0.15) is 13.8 Å². The lowest BCUT2D eigenvalue weighted by atomic mass is 10.1. The Labute approximate surface area is 130 Å². The van der Waals surface area contributed by atoms with Gasteiger partial charge in [0.05, 0.1) is 18.8 Å². The molecule has 0 bridgehead atoms. The number of hydrogen-bond acceptors (Lipinski definition) is 5. The van der Waals surface area contributed by atoms with Gasteiger partial charge in [0, 0.05) is 32.0 Å². The Hall–Kier alpha value is -1.95. The predicted octanol–water partition coefficient (Wildman–Crippen LogP) is 1.10. The maximum Gasteiger partial charge on any atom is 0.246 e. The van der Waals surface area contributed by atoms with Crippen LogP contribution < -0.4 is 4.90 Å². The summed E-state index contributed by atoms with van der Waals surface area (Å²) in [5.41, 5.74) is 0. The average molecular weight is 302 g/mol. The monoisotopic (exact) mass is 302 g/mol. The van der Waals surface area contributed by atoms with Gasteiger partial charge in [0.25, 0.3) is 0 Å². The van der Waals surface area contributed by atoms with Crippen molar-refractivity contribution in [3.63, 3.8) is 0 Å². The maximum absolute atomic E-state index is 12.3. The van der Waals surface area contributed by atoms with E-state index in [0.717, 1.165) is 6.54 Å². The van der Waals surface area contributed by atoms with E-state index in [0.29, 0.717) is 31.6 Å². The van der Waals surface area contributed by atoms with Gasteiger partial charge in [-0.05, 0) is 18.1 Å². The molecule has 2 aliphatic rings. The molecule has 3 rings (SSSR count). The smallest absolute Gasteiger partial charge is 0.246 e. The molecule has 1 aromatic heterocycles. The molecule has 0 spiro atoms. The highest BCUT2D eigenvalue weighted by molar-refractivity contribution is 5.88. The predicted molar refractivity (Wildman–Crippen MR) is 83.5 cm³/mol. The third kappa shape index (κ3) is 3.11. The molecule has 1 aromatic rings. The van der Waals surface area contributed by atoms with Crippen molar-refractivity contribution in [3.8, 4) is 0 Å². The first-order valence-corrected chi connectivity index (χ1v) is 7.77. The lowest BCUT2D eigenvalue weighted by Crippen LogP contribution is -2.51. The summed E-state index contributed by atoms with van der Waals surface area (Å²) in [6, 6.07) is 1.94. The molecule has 22 heavy (non-hydrogen) atoms. The van der Waals surface area contributed by atoms with Gasteiger partial charge in [0.15, 0.2) is 0 Å². The van der Waals surface area contributed by atoms with Crippen LogP contribution in [-0.2, 0) is 9.53 Å². The topological polar surface area (TPSA) is 58.6 Å². The highest BCUT2D eigenvalue weighted by Gasteiger charge is 2.42. The number of aromatic nitrogens is 2. The summed E-state index contributed by atoms with van der Waals surface area (Å²) >= 11 is 0. The van der Waals surface area contributed by atoms with E-state index < -0.39 is 0 Å². The minimum absolute atomic E-state index is 0.0361. The highest BCUT2D eigenvalue weighted by atomic mass is 16.5. The van der Waals surface area contributed by atoms with Crippen molar-refractivity contribution in [2.24, 2.45) is 5.92 Å². The average Bonchev–Trinajstić information content (AvgIpc) is 2.97. The number of hydrogen-bond donors (Lipinski definition) is 0. The molecular formula is C16H22N4O2. The second-order valence-electron chi connectivity index (χ2n) is 6.07. The number of carbonyl (C=O) groups is 1. The van der Waals surface area contributed by atoms with E-state index >= 15 is 0 Å². The molecule has 2 aliphatic heterocycles. The number of carbonyl (C=O) groups excluding carboxylic acids is 1. The fourth-order valence-corrected chi connectivity index (χ4v) is 2.94. The zero-order valence-electron chi connectivity index (χ0n) is 13.1. The van der Waals surface area contributed by atoms with Crippen LogP contribution in [0.3, 0.4) is 0 Å². The zero-order valence-corrected chi connectivity index (χ0v) is 13.1. The van der Waals surface area contributed by atoms with E-state index in [-0.39, 0.29) is 18.1 Å². The largest absolute Gasteiger partial charge is 0.372 e. The van der Waals surface area contributed by atoms with Crippen LogP contribution >= 0.6 is 0 Å². The Morgan fingerprint density at radius 1 is 1.36 bits per heavy atom. The molecule has 0 aliphatic carbocycles. The van der Waals surface area contributed by atoms with E-state index in [1.807, 2.05) is 17.0 Å². The Kier molecular flexibility index (Phi) is 4.38. The molecule has 0 unspecified atom stereocenters. The molecule has 0 radical (unpaired) electrons. The summed E-state index contributed by atoms with van der Waals surface area (Å²) in [5, 5.41) is 0. The van der Waals surface area contributed by atoms with E-state index in [1.165, 1.54) is 0 Å². The third-order valence-electron chi connectivity index (χ3n) is 4.05. The number of nitrogens with zero attached hydrogens (tertiary/aromatic N) is 4. The number of morpholine rings is 1. The number of anilines is 1. The molecule has 0 saturated carbocycles. The van der Waals surface area contributed by atoms with Crippen molar-refractivity contribution in [1.82, 2.24) is 14.9 Å². The van der Waals surface area contributed by atoms with Gasteiger partial charge in [0.1, 0.15) is 0 Å². The van der Waals surface area contributed by atoms with Crippen LogP contribution in [0, 0.1) is 5.92 Å². The van der Waals surface area contributed by atoms with Gasteiger partial charge in [-0.25, -0.2) is 9.97 Å². The van der Waals surface area contributed by atoms with Crippen LogP contribution in [0.2, 0.25) is 0 Å². The van der Waals surface area contributed by atoms with Crippen LogP contribution in [0.25, 0.3) is 0 Å². The van der Waals surface area contributed by atoms with Gasteiger partial charge in [-0.15, -0.1) is 0 Å². The fraction of sp³-hybridized carbons (Fsp3) is 0.562. The first-order chi connectivity index (χ1) is 10.6. The minimum Gasteiger partial charge on any atom is -0.372 e. The Morgan fingerprint density at radius 2 is 2.14 bits per heavy atom. The molecule has 3 heterocycles. The lowest BCUT2D eigenvalue weighted by Gasteiger charge is -2.36. The van der Waals surface area contributed by atoms with Gasteiger partial charge in [-0.3, -0.25) is 4.79 Å². The Morgan fingerprint density at radius 3 is 2.86 bits per heavy atom. The normalized spacial score (nSPS) is 25.0. The Balaban J connectivity index is 1.72. The molecule has 2 saturated heterocycles. The third-order valence-corrected chi connectivity index (χ3v) is 4.05. The second kappa shape index (κ2) is 6.44. The molecule has 2 atom stereocenters. The summed E-state index contributed by atoms with van der Waals surface area (Å²) in [6.07, 6.45) is 7.13. The van der Waals surface area contributed by atoms with Crippen LogP contribution in [-0.4, -0.2) is 59.2 Å². The number of fused-ring (bicyclic) bond motifs is 1. The molecular weight excluding hydrogens is 280 g/mol. The summed E-state index contributed by atoms with van der Waals surface area (Å²) in [6.45, 7) is 6.81. The summed E-state index contributed by atoms with van der Waals surface area (Å²) < 4.78 is 5.84. The van der Waals surface area contributed by atoms with Crippen molar-refractivity contribution in [1.29, 1.82) is 0 Å². The van der Waals surface area contributed by atoms with Gasteiger partial charge < -0.3 is 14.5 Å². The molecule has 0 aromatic carbocycles. The SMILES string of the molecule is CC(C)/C=C/C(=O)N1C[C@@H]2OCCN(c3ncccn3)[C@H]2C1. The van der Waals surface area contributed by atoms with E-state index in [9.17, 15) is 4.79 Å². The van der Waals surface area contributed by atoms with Crippen molar-refractivity contribution < 1.29 is 9.53 Å². The fourth-order valence-electron chi connectivity index (χ4n) is 2.94. The maximum atomic E-state index is 12.3. The molecule has 1 amide bonds. The first-order valence-electron chi connectivity index (χ1n) is 7.77. The van der Waals surface area contributed by atoms with Gasteiger partial charge in [0.2, 0.25) is 11.9 Å². The highest BCUT2D eigenvalue weighted by Crippen LogP contribution is 2.25. The zero-order chi connectivity index (χ0) is 15.5. The van der Waals surface area contributed by atoms with E-state index in [2.05, 4.69) is 28.7 Å². The van der Waals surface area contributed by atoms with E-state index in [4.69, 9.17) is 4.74 Å². The second-order valence-corrected chi connectivity index (χ2v) is 6.07. The lowest BCUT2D eigenvalue weighted by molar-refractivity contribution is -0.125. The van der Waals surface area contributed by atoms with Crippen molar-refractivity contribution in [2.75, 3.05) is 31.1 Å². The number of likely N-dealkylation sites (tertiary alicyclic amines) is 1. The van der Waals surface area contributed by atoms with Crippen molar-refractivity contribution >= 4 is 11.9 Å². The van der Waals surface area contributed by atoms with Crippen LogP contribution in [0.15, 0.2) is 30.6 Å². The van der Waals surface area contributed by atoms with Crippen molar-refractivity contribution in [3.05, 3.63) is 30.6 Å². The number of allylic oxidation sites excluding steroid dienone is 1. The number of rotatable bonds is 3. The summed E-state index contributed by atoms with van der Waals surface area (Å²) in [7, 11) is 0. The molecule has 0 N–H and O–H groups in total. The molecule has 6 heteroatoms. The van der Waals surface area contributed by atoms with Gasteiger partial charge in [-0.1, -0.05) is 19.9 Å².